The molecule has 0 fully saturated rings. The van der Waals surface area contributed by atoms with Crippen molar-refractivity contribution in [3.05, 3.63) is 77.1 Å². The molecule has 3 rings (SSSR count). The summed E-state index contributed by atoms with van der Waals surface area (Å²) in [4.78, 5) is 23.9. The van der Waals surface area contributed by atoms with E-state index in [1.807, 2.05) is 35.8 Å². The first-order chi connectivity index (χ1) is 12.6. The molecule has 0 saturated heterocycles. The number of nitrogens with zero attached hydrogens (tertiary/aromatic N) is 1. The number of hydrogen-bond donors (Lipinski definition) is 2. The molecule has 7 heteroatoms. The lowest BCUT2D eigenvalue weighted by molar-refractivity contribution is -0.136. The summed E-state index contributed by atoms with van der Waals surface area (Å²) >= 11 is 5.85. The van der Waals surface area contributed by atoms with Gasteiger partial charge in [-0.25, -0.2) is 9.82 Å². The minimum absolute atomic E-state index is 0.0175. The first-order valence-corrected chi connectivity index (χ1v) is 8.00. The molecule has 26 heavy (non-hydrogen) atoms. The van der Waals surface area contributed by atoms with Gasteiger partial charge in [-0.2, -0.15) is 5.10 Å². The topological polar surface area (TPSA) is 70.6 Å². The number of carbonyl (C=O) groups excluding carboxylic acids is 2. The number of rotatable bonds is 3. The third-order valence-electron chi connectivity index (χ3n) is 3.60. The largest absolute Gasteiger partial charge is 0.329 e. The van der Waals surface area contributed by atoms with Crippen LogP contribution in [0.3, 0.4) is 0 Å². The number of amides is 2. The van der Waals surface area contributed by atoms with E-state index in [2.05, 4.69) is 10.4 Å². The van der Waals surface area contributed by atoms with Gasteiger partial charge in [0.25, 0.3) is 0 Å². The van der Waals surface area contributed by atoms with Crippen molar-refractivity contribution < 1.29 is 14.0 Å². The first-order valence-electron chi connectivity index (χ1n) is 7.62. The van der Waals surface area contributed by atoms with Gasteiger partial charge in [0.15, 0.2) is 0 Å². The van der Waals surface area contributed by atoms with E-state index in [0.29, 0.717) is 5.69 Å². The lowest BCUT2D eigenvalue weighted by atomic mass is 10.1. The van der Waals surface area contributed by atoms with Gasteiger partial charge in [-0.05, 0) is 23.6 Å². The molecular weight excluding hydrogens is 357 g/mol. The van der Waals surface area contributed by atoms with E-state index >= 15 is 0 Å². The molecule has 0 bridgehead atoms. The number of halogens is 2. The summed E-state index contributed by atoms with van der Waals surface area (Å²) in [6.07, 6.45) is 1.04. The standard InChI is InChI=1S/C19H13ClFN3O2/c20-15-8-4-9-16(21)14(15)11-22-24-19(26)18(25)23-17-10-3-6-12-5-1-2-7-13(12)17/h1-11H,(H,23,25)(H,24,26)/b22-11-. The second-order valence-electron chi connectivity index (χ2n) is 5.32. The normalized spacial score (nSPS) is 10.8. The van der Waals surface area contributed by atoms with E-state index in [1.54, 1.807) is 12.1 Å². The van der Waals surface area contributed by atoms with Gasteiger partial charge in [0.2, 0.25) is 0 Å². The van der Waals surface area contributed by atoms with Crippen LogP contribution in [-0.2, 0) is 9.59 Å². The van der Waals surface area contributed by atoms with Gasteiger partial charge in [-0.1, -0.05) is 54.1 Å². The predicted octanol–water partition coefficient (Wildman–Crippen LogP) is 3.72. The maximum Gasteiger partial charge on any atom is 0.329 e. The number of hydrazone groups is 1. The molecule has 0 aliphatic carbocycles. The molecule has 0 radical (unpaired) electrons. The highest BCUT2D eigenvalue weighted by Gasteiger charge is 2.14. The molecule has 0 spiro atoms. The zero-order valence-electron chi connectivity index (χ0n) is 13.4. The number of anilines is 1. The second kappa shape index (κ2) is 7.76. The SMILES string of the molecule is O=C(N/N=C\c1c(F)cccc1Cl)C(=O)Nc1cccc2ccccc12. The highest BCUT2D eigenvalue weighted by Crippen LogP contribution is 2.22. The fraction of sp³-hybridized carbons (Fsp3) is 0. The quantitative estimate of drug-likeness (QED) is 0.419. The van der Waals surface area contributed by atoms with E-state index in [0.717, 1.165) is 17.0 Å². The van der Waals surface area contributed by atoms with Crippen LogP contribution < -0.4 is 10.7 Å². The van der Waals surface area contributed by atoms with Crippen LogP contribution in [0.2, 0.25) is 5.02 Å². The van der Waals surface area contributed by atoms with Crippen molar-refractivity contribution >= 4 is 46.1 Å². The van der Waals surface area contributed by atoms with E-state index < -0.39 is 17.6 Å². The van der Waals surface area contributed by atoms with Gasteiger partial charge in [-0.15, -0.1) is 0 Å². The molecule has 0 unspecified atom stereocenters. The van der Waals surface area contributed by atoms with Crippen molar-refractivity contribution in [3.8, 4) is 0 Å². The molecule has 0 atom stereocenters. The van der Waals surface area contributed by atoms with Crippen molar-refractivity contribution in [2.24, 2.45) is 5.10 Å². The maximum absolute atomic E-state index is 13.6. The molecule has 0 aromatic heterocycles. The summed E-state index contributed by atoms with van der Waals surface area (Å²) < 4.78 is 13.6. The van der Waals surface area contributed by atoms with Crippen molar-refractivity contribution in [3.63, 3.8) is 0 Å². The Kier molecular flexibility index (Phi) is 5.24. The molecule has 2 N–H and O–H groups in total. The molecule has 0 heterocycles. The molecule has 0 aliphatic rings. The monoisotopic (exact) mass is 369 g/mol. The first kappa shape index (κ1) is 17.6. The third kappa shape index (κ3) is 3.87. The molecule has 2 amide bonds. The van der Waals surface area contributed by atoms with E-state index in [1.165, 1.54) is 18.2 Å². The Labute approximate surface area is 153 Å². The van der Waals surface area contributed by atoms with Crippen molar-refractivity contribution in [1.29, 1.82) is 0 Å². The summed E-state index contributed by atoms with van der Waals surface area (Å²) in [6.45, 7) is 0. The Hall–Kier alpha value is -3.25. The fourth-order valence-corrected chi connectivity index (χ4v) is 2.57. The number of carbonyl (C=O) groups is 2. The van der Waals surface area contributed by atoms with Crippen molar-refractivity contribution in [1.82, 2.24) is 5.43 Å². The minimum Gasteiger partial charge on any atom is -0.317 e. The molecule has 3 aromatic rings. The molecule has 0 saturated carbocycles. The van der Waals surface area contributed by atoms with E-state index in [4.69, 9.17) is 11.6 Å². The number of hydrogen-bond acceptors (Lipinski definition) is 3. The average Bonchev–Trinajstić information content (AvgIpc) is 2.64. The minimum atomic E-state index is -0.985. The highest BCUT2D eigenvalue weighted by atomic mass is 35.5. The van der Waals surface area contributed by atoms with Crippen molar-refractivity contribution in [2.75, 3.05) is 5.32 Å². The lowest BCUT2D eigenvalue weighted by Crippen LogP contribution is -2.32. The second-order valence-corrected chi connectivity index (χ2v) is 5.72. The number of nitrogens with one attached hydrogen (secondary N) is 2. The fourth-order valence-electron chi connectivity index (χ4n) is 2.35. The molecule has 130 valence electrons. The summed E-state index contributed by atoms with van der Waals surface area (Å²) in [5.74, 6) is -2.46. The summed E-state index contributed by atoms with van der Waals surface area (Å²) in [7, 11) is 0. The zero-order valence-corrected chi connectivity index (χ0v) is 14.1. The van der Waals surface area contributed by atoms with Gasteiger partial charge >= 0.3 is 11.8 Å². The van der Waals surface area contributed by atoms with Crippen LogP contribution in [0.15, 0.2) is 65.8 Å². The Morgan fingerprint density at radius 2 is 1.69 bits per heavy atom. The van der Waals surface area contributed by atoms with Gasteiger partial charge in [0.1, 0.15) is 5.82 Å². The van der Waals surface area contributed by atoms with Gasteiger partial charge in [0, 0.05) is 16.6 Å². The van der Waals surface area contributed by atoms with Crippen LogP contribution in [0.1, 0.15) is 5.56 Å². The Morgan fingerprint density at radius 1 is 0.962 bits per heavy atom. The molecular formula is C19H13ClFN3O2. The molecule has 3 aromatic carbocycles. The Balaban J connectivity index is 1.68. The predicted molar refractivity (Wildman–Crippen MR) is 99.7 cm³/mol. The maximum atomic E-state index is 13.6. The lowest BCUT2D eigenvalue weighted by Gasteiger charge is -2.07. The van der Waals surface area contributed by atoms with Gasteiger partial charge in [-0.3, -0.25) is 9.59 Å². The summed E-state index contributed by atoms with van der Waals surface area (Å²) in [6, 6.07) is 16.9. The number of fused-ring (bicyclic) bond motifs is 1. The van der Waals surface area contributed by atoms with Gasteiger partial charge in [0.05, 0.1) is 11.2 Å². The zero-order chi connectivity index (χ0) is 18.5. The van der Waals surface area contributed by atoms with Gasteiger partial charge < -0.3 is 5.32 Å². The smallest absolute Gasteiger partial charge is 0.317 e. The molecule has 5 nitrogen and oxygen atoms in total. The van der Waals surface area contributed by atoms with E-state index in [-0.39, 0.29) is 10.6 Å². The number of benzene rings is 3. The Bertz CT molecular complexity index is 995. The van der Waals surface area contributed by atoms with E-state index in [9.17, 15) is 14.0 Å². The van der Waals surface area contributed by atoms with Crippen LogP contribution in [-0.4, -0.2) is 18.0 Å². The third-order valence-corrected chi connectivity index (χ3v) is 3.93. The van der Waals surface area contributed by atoms with Crippen LogP contribution in [0.5, 0.6) is 0 Å². The average molecular weight is 370 g/mol. The van der Waals surface area contributed by atoms with Crippen LogP contribution >= 0.6 is 11.6 Å². The Morgan fingerprint density at radius 3 is 2.50 bits per heavy atom. The van der Waals surface area contributed by atoms with Crippen LogP contribution in [0.25, 0.3) is 10.8 Å². The van der Waals surface area contributed by atoms with Crippen LogP contribution in [0, 0.1) is 5.82 Å². The summed E-state index contributed by atoms with van der Waals surface area (Å²) in [5.41, 5.74) is 2.57. The van der Waals surface area contributed by atoms with Crippen LogP contribution in [0.4, 0.5) is 10.1 Å². The highest BCUT2D eigenvalue weighted by molar-refractivity contribution is 6.40. The molecule has 0 aliphatic heterocycles. The summed E-state index contributed by atoms with van der Waals surface area (Å²) in [5, 5.41) is 7.98. The van der Waals surface area contributed by atoms with Crippen molar-refractivity contribution in [2.45, 2.75) is 0 Å².